The molecule has 0 unspecified atom stereocenters. The topological polar surface area (TPSA) is 0 Å². The van der Waals surface area contributed by atoms with Crippen LogP contribution in [-0.2, 0) is 0 Å². The van der Waals surface area contributed by atoms with Crippen molar-refractivity contribution in [3.63, 3.8) is 0 Å². The molecule has 29 heavy (non-hydrogen) atoms. The quantitative estimate of drug-likeness (QED) is 0.412. The van der Waals surface area contributed by atoms with Crippen LogP contribution in [-0.4, -0.2) is 0 Å². The van der Waals surface area contributed by atoms with Crippen molar-refractivity contribution in [2.24, 2.45) is 5.92 Å². The summed E-state index contributed by atoms with van der Waals surface area (Å²) in [6.07, 6.45) is 11.0. The molecule has 152 valence electrons. The minimum atomic E-state index is 0.755. The van der Waals surface area contributed by atoms with E-state index in [1.165, 1.54) is 16.7 Å². The van der Waals surface area contributed by atoms with E-state index in [1.54, 1.807) is 0 Å². The minimum Gasteiger partial charge on any atom is -0.0842 e. The Morgan fingerprint density at radius 3 is 1.38 bits per heavy atom. The summed E-state index contributed by atoms with van der Waals surface area (Å²) in [5.74, 6) is 0.755. The predicted molar refractivity (Wildman–Crippen MR) is 132 cm³/mol. The number of benzene rings is 3. The van der Waals surface area contributed by atoms with Gasteiger partial charge in [0.05, 0.1) is 0 Å². The Labute approximate surface area is 178 Å². The second-order valence-corrected chi connectivity index (χ2v) is 7.32. The molecule has 0 aliphatic carbocycles. The zero-order chi connectivity index (χ0) is 21.2. The Bertz CT molecular complexity index is 781. The monoisotopic (exact) mass is 384 g/mol. The number of hydrogen-bond acceptors (Lipinski definition) is 0. The van der Waals surface area contributed by atoms with Gasteiger partial charge in [-0.05, 0) is 36.8 Å². The lowest BCUT2D eigenvalue weighted by Gasteiger charge is -1.96. The first-order valence-corrected chi connectivity index (χ1v) is 10.6. The van der Waals surface area contributed by atoms with E-state index in [-0.39, 0.29) is 0 Å². The molecule has 0 aromatic heterocycles. The fourth-order valence-corrected chi connectivity index (χ4v) is 2.39. The zero-order valence-electron chi connectivity index (χ0n) is 18.5. The maximum absolute atomic E-state index is 2.24. The van der Waals surface area contributed by atoms with Gasteiger partial charge in [0.2, 0.25) is 0 Å². The van der Waals surface area contributed by atoms with Crippen molar-refractivity contribution in [3.05, 3.63) is 120 Å². The summed E-state index contributed by atoms with van der Waals surface area (Å²) in [5.41, 5.74) is 3.89. The van der Waals surface area contributed by atoms with E-state index >= 15 is 0 Å². The maximum Gasteiger partial charge on any atom is -0.0260 e. The molecule has 0 N–H and O–H groups in total. The number of allylic oxidation sites excluding steroid dienone is 2. The Kier molecular flexibility index (Phi) is 13.4. The fraction of sp³-hybridized carbons (Fsp3) is 0.241. The van der Waals surface area contributed by atoms with Crippen LogP contribution < -0.4 is 0 Å². The molecule has 0 amide bonds. The van der Waals surface area contributed by atoms with Gasteiger partial charge in [-0.3, -0.25) is 0 Å². The summed E-state index contributed by atoms with van der Waals surface area (Å²) in [6, 6.07) is 31.0. The summed E-state index contributed by atoms with van der Waals surface area (Å²) in [5, 5.41) is 0. The molecule has 0 spiro atoms. The molecule has 3 rings (SSSR count). The molecular weight excluding hydrogens is 348 g/mol. The summed E-state index contributed by atoms with van der Waals surface area (Å²) in [7, 11) is 0. The van der Waals surface area contributed by atoms with E-state index in [2.05, 4.69) is 113 Å². The highest BCUT2D eigenvalue weighted by molar-refractivity contribution is 5.49. The summed E-state index contributed by atoms with van der Waals surface area (Å²) in [6.45, 7) is 8.68. The maximum atomic E-state index is 2.24. The summed E-state index contributed by atoms with van der Waals surface area (Å²) >= 11 is 0. The number of aryl methyl sites for hydroxylation is 1. The van der Waals surface area contributed by atoms with Gasteiger partial charge in [-0.25, -0.2) is 0 Å². The van der Waals surface area contributed by atoms with Gasteiger partial charge in [0.25, 0.3) is 0 Å². The molecule has 0 saturated carbocycles. The molecule has 0 aliphatic heterocycles. The Morgan fingerprint density at radius 1 is 0.621 bits per heavy atom. The average Bonchev–Trinajstić information content (AvgIpc) is 2.75. The van der Waals surface area contributed by atoms with Gasteiger partial charge in [0.1, 0.15) is 0 Å². The first-order valence-electron chi connectivity index (χ1n) is 10.6. The lowest BCUT2D eigenvalue weighted by Crippen LogP contribution is -1.80. The normalized spacial score (nSPS) is 10.4. The minimum absolute atomic E-state index is 0.755. The molecule has 0 radical (unpaired) electrons. The van der Waals surface area contributed by atoms with Crippen molar-refractivity contribution in [3.8, 4) is 0 Å². The van der Waals surface area contributed by atoms with Crippen LogP contribution in [0.15, 0.2) is 103 Å². The van der Waals surface area contributed by atoms with Crippen LogP contribution in [0, 0.1) is 12.8 Å². The smallest absolute Gasteiger partial charge is 0.0260 e. The molecule has 0 nitrogen and oxygen atoms in total. The standard InChI is InChI=1S/C12H16.C10H12.C7H8/c1-11(2)7-6-10-12-8-4-3-5-9-12;1-2-3-7-10-8-5-4-6-9-10;1-7-5-3-2-4-6-7/h3-6,8-11H,7H2,1-2H3;3-9H,2H2,1H3;2-6H,1H3. The third-order valence-electron chi connectivity index (χ3n) is 4.00. The van der Waals surface area contributed by atoms with Crippen LogP contribution >= 0.6 is 0 Å². The van der Waals surface area contributed by atoms with E-state index in [0.29, 0.717) is 0 Å². The lowest BCUT2D eigenvalue weighted by atomic mass is 10.1. The van der Waals surface area contributed by atoms with E-state index in [0.717, 1.165) is 18.8 Å². The summed E-state index contributed by atoms with van der Waals surface area (Å²) in [4.78, 5) is 0. The number of hydrogen-bond donors (Lipinski definition) is 0. The van der Waals surface area contributed by atoms with Gasteiger partial charge < -0.3 is 0 Å². The van der Waals surface area contributed by atoms with Crippen LogP contribution in [0.4, 0.5) is 0 Å². The largest absolute Gasteiger partial charge is 0.0842 e. The van der Waals surface area contributed by atoms with Gasteiger partial charge >= 0.3 is 0 Å². The second kappa shape index (κ2) is 16.1. The van der Waals surface area contributed by atoms with Crippen molar-refractivity contribution < 1.29 is 0 Å². The molecule has 3 aromatic rings. The average molecular weight is 385 g/mol. The van der Waals surface area contributed by atoms with Crippen molar-refractivity contribution in [2.45, 2.75) is 40.5 Å². The first kappa shape index (κ1) is 24.2. The third kappa shape index (κ3) is 13.9. The lowest BCUT2D eigenvalue weighted by molar-refractivity contribution is 0.665. The molecule has 3 aromatic carbocycles. The van der Waals surface area contributed by atoms with Crippen LogP contribution in [0.5, 0.6) is 0 Å². The van der Waals surface area contributed by atoms with Crippen molar-refractivity contribution in [1.82, 2.24) is 0 Å². The first-order chi connectivity index (χ1) is 14.1. The predicted octanol–water partition coefficient (Wildman–Crippen LogP) is 8.85. The molecular formula is C29H36. The van der Waals surface area contributed by atoms with Gasteiger partial charge in [-0.2, -0.15) is 0 Å². The van der Waals surface area contributed by atoms with E-state index in [4.69, 9.17) is 0 Å². The van der Waals surface area contributed by atoms with Gasteiger partial charge in [-0.1, -0.05) is 142 Å². The highest BCUT2D eigenvalue weighted by atomic mass is 13.9. The summed E-state index contributed by atoms with van der Waals surface area (Å²) < 4.78 is 0. The fourth-order valence-electron chi connectivity index (χ4n) is 2.39. The van der Waals surface area contributed by atoms with Crippen molar-refractivity contribution in [2.75, 3.05) is 0 Å². The Morgan fingerprint density at radius 2 is 1.03 bits per heavy atom. The molecule has 0 bridgehead atoms. The molecule has 0 heterocycles. The molecule has 0 saturated heterocycles. The van der Waals surface area contributed by atoms with Crippen molar-refractivity contribution >= 4 is 12.2 Å². The molecule has 0 aliphatic rings. The van der Waals surface area contributed by atoms with E-state index in [9.17, 15) is 0 Å². The highest BCUT2D eigenvalue weighted by Gasteiger charge is 1.87. The van der Waals surface area contributed by atoms with Crippen LogP contribution in [0.3, 0.4) is 0 Å². The molecule has 0 heteroatoms. The van der Waals surface area contributed by atoms with E-state index < -0.39 is 0 Å². The Hall–Kier alpha value is -2.86. The number of rotatable bonds is 5. The van der Waals surface area contributed by atoms with Crippen LogP contribution in [0.25, 0.3) is 12.2 Å². The SMILES string of the molecule is CC(C)CC=Cc1ccccc1.CCC=Cc1ccccc1.Cc1ccccc1. The van der Waals surface area contributed by atoms with Crippen molar-refractivity contribution in [1.29, 1.82) is 0 Å². The van der Waals surface area contributed by atoms with Gasteiger partial charge in [0.15, 0.2) is 0 Å². The van der Waals surface area contributed by atoms with Gasteiger partial charge in [-0.15, -0.1) is 0 Å². The molecule has 0 fully saturated rings. The molecule has 0 atom stereocenters. The Balaban J connectivity index is 0.000000225. The zero-order valence-corrected chi connectivity index (χ0v) is 18.5. The third-order valence-corrected chi connectivity index (χ3v) is 4.00. The van der Waals surface area contributed by atoms with Gasteiger partial charge in [0, 0.05) is 0 Å². The van der Waals surface area contributed by atoms with E-state index in [1.807, 2.05) is 30.3 Å². The highest BCUT2D eigenvalue weighted by Crippen LogP contribution is 2.05. The second-order valence-electron chi connectivity index (χ2n) is 7.32. The van der Waals surface area contributed by atoms with Crippen LogP contribution in [0.1, 0.15) is 50.3 Å². The van der Waals surface area contributed by atoms with Crippen LogP contribution in [0.2, 0.25) is 0 Å².